The second-order valence-electron chi connectivity index (χ2n) is 5.85. The normalized spacial score (nSPS) is 23.2. The molecule has 3 heterocycles. The molecule has 0 N–H and O–H groups in total. The smallest absolute Gasteiger partial charge is 0.292 e. The van der Waals surface area contributed by atoms with Gasteiger partial charge in [0.1, 0.15) is 6.04 Å². The maximum atomic E-state index is 13.9. The molecular formula is C14H13F2N5O2. The van der Waals surface area contributed by atoms with E-state index in [-0.39, 0.29) is 17.6 Å². The van der Waals surface area contributed by atoms with Gasteiger partial charge in [0.25, 0.3) is 11.8 Å². The Morgan fingerprint density at radius 3 is 2.74 bits per heavy atom. The Labute approximate surface area is 129 Å². The van der Waals surface area contributed by atoms with E-state index in [1.807, 2.05) is 0 Å². The van der Waals surface area contributed by atoms with E-state index in [0.29, 0.717) is 5.82 Å². The molecule has 23 heavy (non-hydrogen) atoms. The van der Waals surface area contributed by atoms with Crippen molar-refractivity contribution in [2.75, 3.05) is 6.54 Å². The summed E-state index contributed by atoms with van der Waals surface area (Å²) in [5.41, 5.74) is 0. The number of hydrogen-bond acceptors (Lipinski definition) is 6. The highest BCUT2D eigenvalue weighted by atomic mass is 19.3. The molecule has 9 heteroatoms. The van der Waals surface area contributed by atoms with Gasteiger partial charge in [0, 0.05) is 24.7 Å². The quantitative estimate of drug-likeness (QED) is 0.859. The zero-order valence-electron chi connectivity index (χ0n) is 12.0. The highest BCUT2D eigenvalue weighted by molar-refractivity contribution is 5.91. The molecule has 4 rings (SSSR count). The van der Waals surface area contributed by atoms with Crippen LogP contribution in [0.25, 0.3) is 0 Å². The van der Waals surface area contributed by atoms with Gasteiger partial charge >= 0.3 is 0 Å². The molecule has 2 aliphatic rings. The Balaban J connectivity index is 1.64. The Morgan fingerprint density at radius 2 is 2.04 bits per heavy atom. The van der Waals surface area contributed by atoms with Gasteiger partial charge in [0.05, 0.1) is 6.54 Å². The molecule has 1 amide bonds. The first-order valence-corrected chi connectivity index (χ1v) is 7.33. The van der Waals surface area contributed by atoms with Gasteiger partial charge in [-0.25, -0.2) is 18.7 Å². The first-order valence-electron chi connectivity index (χ1n) is 7.33. The lowest BCUT2D eigenvalue weighted by molar-refractivity contribution is 0.0115. The van der Waals surface area contributed by atoms with Gasteiger partial charge in [-0.3, -0.25) is 4.79 Å². The summed E-state index contributed by atoms with van der Waals surface area (Å²) in [6.45, 7) is -0.712. The average molecular weight is 321 g/mol. The fraction of sp³-hybridized carbons (Fsp3) is 0.500. The molecule has 1 aliphatic heterocycles. The highest BCUT2D eigenvalue weighted by Gasteiger charge is 2.50. The Morgan fingerprint density at radius 1 is 1.30 bits per heavy atom. The molecular weight excluding hydrogens is 308 g/mol. The van der Waals surface area contributed by atoms with E-state index in [1.165, 1.54) is 12.4 Å². The minimum atomic E-state index is -3.01. The summed E-state index contributed by atoms with van der Waals surface area (Å²) in [5.74, 6) is -2.98. The number of halogens is 2. The number of nitrogens with zero attached hydrogens (tertiary/aromatic N) is 5. The molecule has 0 bridgehead atoms. The molecule has 0 radical (unpaired) electrons. The number of carbonyl (C=O) groups is 1. The molecule has 0 spiro atoms. The average Bonchev–Trinajstić information content (AvgIpc) is 3.18. The third-order valence-electron chi connectivity index (χ3n) is 3.97. The van der Waals surface area contributed by atoms with Crippen molar-refractivity contribution in [2.24, 2.45) is 0 Å². The van der Waals surface area contributed by atoms with Gasteiger partial charge in [-0.05, 0) is 18.9 Å². The van der Waals surface area contributed by atoms with Crippen molar-refractivity contribution in [1.82, 2.24) is 25.0 Å². The standard InChI is InChI=1S/C14H13F2N5O2/c15-14(16)6-9(12-19-10(20-23-12)8-2-3-8)21(7-14)13(22)11-17-4-1-5-18-11/h1,4-5,8-9H,2-3,6-7H2/t9-/m0/s1. The Bertz CT molecular complexity index is 732. The molecule has 1 saturated heterocycles. The van der Waals surface area contributed by atoms with E-state index >= 15 is 0 Å². The summed E-state index contributed by atoms with van der Waals surface area (Å²) in [7, 11) is 0. The lowest BCUT2D eigenvalue weighted by Crippen LogP contribution is -2.34. The zero-order valence-corrected chi connectivity index (χ0v) is 12.0. The van der Waals surface area contributed by atoms with Crippen molar-refractivity contribution >= 4 is 5.91 Å². The minimum Gasteiger partial charge on any atom is -0.337 e. The van der Waals surface area contributed by atoms with Crippen LogP contribution < -0.4 is 0 Å². The van der Waals surface area contributed by atoms with Crippen molar-refractivity contribution in [3.05, 3.63) is 36.0 Å². The van der Waals surface area contributed by atoms with Crippen molar-refractivity contribution in [3.8, 4) is 0 Å². The summed E-state index contributed by atoms with van der Waals surface area (Å²) < 4.78 is 32.8. The summed E-state index contributed by atoms with van der Waals surface area (Å²) in [5, 5.41) is 3.84. The molecule has 2 aromatic rings. The zero-order chi connectivity index (χ0) is 16.0. The number of amides is 1. The van der Waals surface area contributed by atoms with Gasteiger partial charge < -0.3 is 9.42 Å². The van der Waals surface area contributed by atoms with Crippen LogP contribution in [-0.4, -0.2) is 43.4 Å². The van der Waals surface area contributed by atoms with E-state index in [0.717, 1.165) is 17.7 Å². The monoisotopic (exact) mass is 321 g/mol. The fourth-order valence-electron chi connectivity index (χ4n) is 2.68. The van der Waals surface area contributed by atoms with E-state index in [1.54, 1.807) is 6.07 Å². The maximum absolute atomic E-state index is 13.9. The summed E-state index contributed by atoms with van der Waals surface area (Å²) in [6.07, 6.45) is 4.18. The molecule has 1 aliphatic carbocycles. The van der Waals surface area contributed by atoms with Crippen LogP contribution in [0.2, 0.25) is 0 Å². The number of likely N-dealkylation sites (tertiary alicyclic amines) is 1. The van der Waals surface area contributed by atoms with E-state index in [2.05, 4.69) is 20.1 Å². The number of rotatable bonds is 3. The van der Waals surface area contributed by atoms with Gasteiger partial charge in [0.2, 0.25) is 11.7 Å². The van der Waals surface area contributed by atoms with E-state index in [9.17, 15) is 13.6 Å². The Hall–Kier alpha value is -2.45. The first-order chi connectivity index (χ1) is 11.0. The van der Waals surface area contributed by atoms with E-state index < -0.39 is 30.8 Å². The summed E-state index contributed by atoms with van der Waals surface area (Å²) >= 11 is 0. The molecule has 120 valence electrons. The third-order valence-corrected chi connectivity index (χ3v) is 3.97. The topological polar surface area (TPSA) is 85.0 Å². The van der Waals surface area contributed by atoms with Gasteiger partial charge in [-0.1, -0.05) is 5.16 Å². The van der Waals surface area contributed by atoms with E-state index in [4.69, 9.17) is 4.52 Å². The first kappa shape index (κ1) is 14.2. The van der Waals surface area contributed by atoms with Crippen LogP contribution in [0.4, 0.5) is 8.78 Å². The molecule has 2 fully saturated rings. The van der Waals surface area contributed by atoms with Crippen LogP contribution in [0.1, 0.15) is 53.6 Å². The highest BCUT2D eigenvalue weighted by Crippen LogP contribution is 2.43. The van der Waals surface area contributed by atoms with Crippen LogP contribution >= 0.6 is 0 Å². The van der Waals surface area contributed by atoms with Crippen LogP contribution in [-0.2, 0) is 0 Å². The molecule has 7 nitrogen and oxygen atoms in total. The summed E-state index contributed by atoms with van der Waals surface area (Å²) in [4.78, 5) is 25.3. The number of carbonyl (C=O) groups excluding carboxylic acids is 1. The third kappa shape index (κ3) is 2.66. The van der Waals surface area contributed by atoms with Crippen molar-refractivity contribution in [3.63, 3.8) is 0 Å². The second-order valence-corrected chi connectivity index (χ2v) is 5.85. The fourth-order valence-corrected chi connectivity index (χ4v) is 2.68. The van der Waals surface area contributed by atoms with Crippen molar-refractivity contribution in [2.45, 2.75) is 37.1 Å². The predicted molar refractivity (Wildman–Crippen MR) is 71.6 cm³/mol. The molecule has 1 atom stereocenters. The molecule has 0 aromatic carbocycles. The number of alkyl halides is 2. The van der Waals surface area contributed by atoms with Crippen molar-refractivity contribution < 1.29 is 18.1 Å². The minimum absolute atomic E-state index is 0.0494. The molecule has 2 aromatic heterocycles. The van der Waals surface area contributed by atoms with Gasteiger partial charge in [0.15, 0.2) is 5.82 Å². The van der Waals surface area contributed by atoms with Gasteiger partial charge in [-0.2, -0.15) is 4.98 Å². The molecule has 0 unspecified atom stereocenters. The summed E-state index contributed by atoms with van der Waals surface area (Å²) in [6, 6.07) is 0.591. The SMILES string of the molecule is O=C(c1ncccn1)N1CC(F)(F)C[C@H]1c1nc(C2CC2)no1. The maximum Gasteiger partial charge on any atom is 0.292 e. The molecule has 1 saturated carbocycles. The lowest BCUT2D eigenvalue weighted by atomic mass is 10.2. The van der Waals surface area contributed by atoms with Gasteiger partial charge in [-0.15, -0.1) is 0 Å². The predicted octanol–water partition coefficient (Wildman–Crippen LogP) is 1.96. The van der Waals surface area contributed by atoms with Crippen LogP contribution in [0.5, 0.6) is 0 Å². The number of hydrogen-bond donors (Lipinski definition) is 0. The number of aromatic nitrogens is 4. The van der Waals surface area contributed by atoms with Crippen LogP contribution in [0.15, 0.2) is 23.0 Å². The Kier molecular flexibility index (Phi) is 3.10. The van der Waals surface area contributed by atoms with Crippen LogP contribution in [0.3, 0.4) is 0 Å². The lowest BCUT2D eigenvalue weighted by Gasteiger charge is -2.19. The van der Waals surface area contributed by atoms with Crippen molar-refractivity contribution in [1.29, 1.82) is 0 Å². The second kappa shape index (κ2) is 5.04. The largest absolute Gasteiger partial charge is 0.337 e. The van der Waals surface area contributed by atoms with Crippen LogP contribution in [0, 0.1) is 0 Å².